The van der Waals surface area contributed by atoms with Crippen molar-refractivity contribution >= 4 is 62.5 Å². The number of benzene rings is 2. The van der Waals surface area contributed by atoms with Crippen LogP contribution in [0.15, 0.2) is 41.3 Å². The molecule has 2 aromatic carbocycles. The van der Waals surface area contributed by atoms with Crippen LogP contribution >= 0.6 is 46.4 Å². The monoisotopic (exact) mass is 507 g/mol. The predicted molar refractivity (Wildman–Crippen MR) is 118 cm³/mol. The van der Waals surface area contributed by atoms with E-state index in [-0.39, 0.29) is 35.6 Å². The number of likely N-dealkylation sites (tertiary alicyclic amines) is 1. The van der Waals surface area contributed by atoms with Gasteiger partial charge in [0.15, 0.2) is 0 Å². The first-order valence-corrected chi connectivity index (χ1v) is 12.0. The van der Waals surface area contributed by atoms with Gasteiger partial charge in [-0.15, -0.1) is 0 Å². The van der Waals surface area contributed by atoms with E-state index in [1.165, 1.54) is 22.5 Å². The molecule has 2 aliphatic rings. The van der Waals surface area contributed by atoms with Crippen molar-refractivity contribution < 1.29 is 13.2 Å². The van der Waals surface area contributed by atoms with Crippen LogP contribution in [0.1, 0.15) is 12.0 Å². The molecule has 2 heterocycles. The van der Waals surface area contributed by atoms with Gasteiger partial charge >= 0.3 is 6.03 Å². The molecule has 0 saturated carbocycles. The van der Waals surface area contributed by atoms with Gasteiger partial charge in [-0.25, -0.2) is 13.2 Å². The van der Waals surface area contributed by atoms with E-state index >= 15 is 0 Å². The van der Waals surface area contributed by atoms with Gasteiger partial charge in [-0.2, -0.15) is 4.31 Å². The van der Waals surface area contributed by atoms with Gasteiger partial charge in [-0.1, -0.05) is 52.5 Å². The zero-order valence-corrected chi connectivity index (χ0v) is 19.4. The van der Waals surface area contributed by atoms with Crippen molar-refractivity contribution in [2.45, 2.75) is 23.4 Å². The molecule has 6 nitrogen and oxygen atoms in total. The van der Waals surface area contributed by atoms with Gasteiger partial charge in [0.2, 0.25) is 10.0 Å². The summed E-state index contributed by atoms with van der Waals surface area (Å²) in [6, 6.07) is 9.10. The SMILES string of the molecule is O=C(NCc1ccc(Cl)cc1Cl)N1CCC12CN(S(=O)(=O)c1ccc(Cl)cc1Cl)C2. The second-order valence-corrected chi connectivity index (χ2v) is 11.0. The molecule has 4 rings (SSSR count). The van der Waals surface area contributed by atoms with E-state index in [0.717, 1.165) is 12.0 Å². The first kappa shape index (κ1) is 22.0. The molecular formula is C19H17Cl4N3O3S. The topological polar surface area (TPSA) is 69.7 Å². The lowest BCUT2D eigenvalue weighted by Gasteiger charge is -2.61. The minimum absolute atomic E-state index is 0.0103. The lowest BCUT2D eigenvalue weighted by molar-refractivity contribution is -0.0589. The van der Waals surface area contributed by atoms with E-state index in [2.05, 4.69) is 5.32 Å². The lowest BCUT2D eigenvalue weighted by atomic mass is 9.79. The van der Waals surface area contributed by atoms with Crippen molar-refractivity contribution in [1.29, 1.82) is 0 Å². The van der Waals surface area contributed by atoms with Crippen molar-refractivity contribution in [2.75, 3.05) is 19.6 Å². The number of carbonyl (C=O) groups is 1. The molecule has 11 heteroatoms. The van der Waals surface area contributed by atoms with Crippen LogP contribution in [0, 0.1) is 0 Å². The van der Waals surface area contributed by atoms with Crippen LogP contribution in [0.5, 0.6) is 0 Å². The van der Waals surface area contributed by atoms with E-state index in [1.807, 2.05) is 0 Å². The third-order valence-corrected chi connectivity index (χ3v) is 8.61. The highest BCUT2D eigenvalue weighted by Gasteiger charge is 2.58. The molecule has 2 aliphatic heterocycles. The number of halogens is 4. The van der Waals surface area contributed by atoms with Crippen LogP contribution in [0.25, 0.3) is 0 Å². The number of sulfonamides is 1. The Kier molecular flexibility index (Phi) is 5.89. The first-order chi connectivity index (χ1) is 14.1. The highest BCUT2D eigenvalue weighted by atomic mass is 35.5. The van der Waals surface area contributed by atoms with Crippen molar-refractivity contribution in [3.05, 3.63) is 62.1 Å². The Bertz CT molecular complexity index is 1120. The maximum absolute atomic E-state index is 12.9. The third-order valence-electron chi connectivity index (χ3n) is 5.52. The molecule has 30 heavy (non-hydrogen) atoms. The molecule has 0 atom stereocenters. The van der Waals surface area contributed by atoms with Crippen LogP contribution in [0.3, 0.4) is 0 Å². The molecule has 0 aliphatic carbocycles. The number of nitrogens with zero attached hydrogens (tertiary/aromatic N) is 2. The summed E-state index contributed by atoms with van der Waals surface area (Å²) < 4.78 is 27.1. The summed E-state index contributed by atoms with van der Waals surface area (Å²) in [4.78, 5) is 14.3. The van der Waals surface area contributed by atoms with Gasteiger partial charge in [-0.3, -0.25) is 0 Å². The van der Waals surface area contributed by atoms with Gasteiger partial charge in [-0.05, 0) is 42.3 Å². The number of carbonyl (C=O) groups excluding carboxylic acids is 1. The number of hydrogen-bond donors (Lipinski definition) is 1. The van der Waals surface area contributed by atoms with Crippen molar-refractivity contribution in [1.82, 2.24) is 14.5 Å². The summed E-state index contributed by atoms with van der Waals surface area (Å²) in [6.45, 7) is 1.27. The van der Waals surface area contributed by atoms with Gasteiger partial charge in [0.25, 0.3) is 0 Å². The van der Waals surface area contributed by atoms with Gasteiger partial charge in [0.1, 0.15) is 4.90 Å². The molecule has 2 aromatic rings. The standard InChI is InChI=1S/C19H17Cl4N3O3S/c20-13-2-1-12(15(22)7-13)9-24-18(27)26-6-5-19(26)10-25(11-19)30(28,29)17-4-3-14(21)8-16(17)23/h1-4,7-8H,5-6,9-11H2,(H,24,27). The predicted octanol–water partition coefficient (Wildman–Crippen LogP) is 4.66. The third kappa shape index (κ3) is 3.87. The number of hydrogen-bond acceptors (Lipinski definition) is 3. The van der Waals surface area contributed by atoms with E-state index in [0.29, 0.717) is 21.6 Å². The van der Waals surface area contributed by atoms with Gasteiger partial charge in [0, 0.05) is 41.2 Å². The maximum atomic E-state index is 12.9. The quantitative estimate of drug-likeness (QED) is 0.652. The molecule has 1 spiro atoms. The fourth-order valence-corrected chi connectivity index (χ4v) is 6.54. The molecule has 2 amide bonds. The van der Waals surface area contributed by atoms with Crippen molar-refractivity contribution in [2.24, 2.45) is 0 Å². The van der Waals surface area contributed by atoms with Crippen LogP contribution in [0.4, 0.5) is 4.79 Å². The Balaban J connectivity index is 1.39. The summed E-state index contributed by atoms with van der Waals surface area (Å²) >= 11 is 24.0. The van der Waals surface area contributed by atoms with E-state index in [1.54, 1.807) is 23.1 Å². The fraction of sp³-hybridized carbons (Fsp3) is 0.316. The van der Waals surface area contributed by atoms with E-state index in [9.17, 15) is 13.2 Å². The average Bonchev–Trinajstić information content (AvgIpc) is 2.58. The number of rotatable bonds is 4. The summed E-state index contributed by atoms with van der Waals surface area (Å²) in [5.41, 5.74) is 0.263. The maximum Gasteiger partial charge on any atom is 0.318 e. The Morgan fingerprint density at radius 1 is 1.00 bits per heavy atom. The van der Waals surface area contributed by atoms with Crippen LogP contribution in [0.2, 0.25) is 20.1 Å². The van der Waals surface area contributed by atoms with E-state index in [4.69, 9.17) is 46.4 Å². The minimum Gasteiger partial charge on any atom is -0.334 e. The smallest absolute Gasteiger partial charge is 0.318 e. The van der Waals surface area contributed by atoms with Crippen molar-refractivity contribution in [3.63, 3.8) is 0 Å². The second kappa shape index (κ2) is 8.04. The second-order valence-electron chi connectivity index (χ2n) is 7.37. The lowest BCUT2D eigenvalue weighted by Crippen LogP contribution is -2.79. The molecule has 0 aromatic heterocycles. The normalized spacial score (nSPS) is 18.1. The Labute approximate surface area is 194 Å². The summed E-state index contributed by atoms with van der Waals surface area (Å²) in [7, 11) is -3.76. The summed E-state index contributed by atoms with van der Waals surface area (Å²) in [5, 5.41) is 4.27. The molecule has 2 fully saturated rings. The zero-order chi connectivity index (χ0) is 21.7. The fourth-order valence-electron chi connectivity index (χ4n) is 3.72. The van der Waals surface area contributed by atoms with Crippen molar-refractivity contribution in [3.8, 4) is 0 Å². The molecule has 2 saturated heterocycles. The Morgan fingerprint density at radius 3 is 2.20 bits per heavy atom. The molecule has 1 N–H and O–H groups in total. The van der Waals surface area contributed by atoms with Crippen LogP contribution < -0.4 is 5.32 Å². The highest BCUT2D eigenvalue weighted by Crippen LogP contribution is 2.42. The molecule has 160 valence electrons. The number of nitrogens with one attached hydrogen (secondary N) is 1. The van der Waals surface area contributed by atoms with Gasteiger partial charge < -0.3 is 10.2 Å². The number of urea groups is 1. The molecular weight excluding hydrogens is 492 g/mol. The van der Waals surface area contributed by atoms with E-state index < -0.39 is 15.6 Å². The Hall–Kier alpha value is -1.22. The largest absolute Gasteiger partial charge is 0.334 e. The minimum atomic E-state index is -3.76. The van der Waals surface area contributed by atoms with Gasteiger partial charge in [0.05, 0.1) is 10.6 Å². The molecule has 0 bridgehead atoms. The summed E-state index contributed by atoms with van der Waals surface area (Å²) in [6.07, 6.45) is 0.739. The number of amides is 2. The average molecular weight is 509 g/mol. The van der Waals surface area contributed by atoms with Crippen LogP contribution in [-0.4, -0.2) is 48.8 Å². The molecule has 0 radical (unpaired) electrons. The Morgan fingerprint density at radius 2 is 1.63 bits per heavy atom. The summed E-state index contributed by atoms with van der Waals surface area (Å²) in [5.74, 6) is 0. The molecule has 0 unspecified atom stereocenters. The highest BCUT2D eigenvalue weighted by molar-refractivity contribution is 7.89. The van der Waals surface area contributed by atoms with Crippen LogP contribution in [-0.2, 0) is 16.6 Å². The zero-order valence-electron chi connectivity index (χ0n) is 15.5. The first-order valence-electron chi connectivity index (χ1n) is 9.07.